The summed E-state index contributed by atoms with van der Waals surface area (Å²) in [4.78, 5) is 2.45. The van der Waals surface area contributed by atoms with E-state index in [1.54, 1.807) is 6.07 Å². The molecule has 0 amide bonds. The Morgan fingerprint density at radius 1 is 1.53 bits per heavy atom. The zero-order chi connectivity index (χ0) is 13.8. The highest BCUT2D eigenvalue weighted by atomic mass is 35.5. The number of nitrogens with zero attached hydrogens (tertiary/aromatic N) is 1. The standard InChI is InChI=1S/C15H22ClFN2/c1-3-19-8-4-5-13(10-19)18-11(2)12-6-7-14(16)15(17)9-12/h6-7,9,11,13,18H,3-5,8,10H2,1-2H3. The smallest absolute Gasteiger partial charge is 0.142 e. The summed E-state index contributed by atoms with van der Waals surface area (Å²) >= 11 is 5.71. The molecule has 1 N–H and O–H groups in total. The van der Waals surface area contributed by atoms with Crippen LogP contribution in [0.4, 0.5) is 4.39 Å². The van der Waals surface area contributed by atoms with Gasteiger partial charge >= 0.3 is 0 Å². The number of likely N-dealkylation sites (N-methyl/N-ethyl adjacent to an activating group) is 1. The van der Waals surface area contributed by atoms with E-state index in [1.807, 2.05) is 6.07 Å². The first-order valence-electron chi connectivity index (χ1n) is 7.03. The van der Waals surface area contributed by atoms with E-state index >= 15 is 0 Å². The van der Waals surface area contributed by atoms with E-state index in [-0.39, 0.29) is 16.9 Å². The van der Waals surface area contributed by atoms with Crippen LogP contribution >= 0.6 is 11.6 Å². The maximum absolute atomic E-state index is 13.5. The van der Waals surface area contributed by atoms with Crippen LogP contribution in [0.2, 0.25) is 5.02 Å². The van der Waals surface area contributed by atoms with E-state index in [4.69, 9.17) is 11.6 Å². The van der Waals surface area contributed by atoms with Gasteiger partial charge in [-0.2, -0.15) is 0 Å². The Balaban J connectivity index is 1.96. The first kappa shape index (κ1) is 14.8. The zero-order valence-electron chi connectivity index (χ0n) is 11.6. The summed E-state index contributed by atoms with van der Waals surface area (Å²) in [5.41, 5.74) is 0.954. The van der Waals surface area contributed by atoms with Crippen LogP contribution in [0, 0.1) is 5.82 Å². The molecule has 2 unspecified atom stereocenters. The quantitative estimate of drug-likeness (QED) is 0.908. The normalized spacial score (nSPS) is 22.4. The van der Waals surface area contributed by atoms with Gasteiger partial charge in [-0.3, -0.25) is 0 Å². The van der Waals surface area contributed by atoms with Gasteiger partial charge in [0.15, 0.2) is 0 Å². The van der Waals surface area contributed by atoms with Crippen molar-refractivity contribution in [3.05, 3.63) is 34.6 Å². The minimum atomic E-state index is -0.341. The number of benzene rings is 1. The van der Waals surface area contributed by atoms with E-state index in [2.05, 4.69) is 24.1 Å². The van der Waals surface area contributed by atoms with Crippen molar-refractivity contribution in [3.63, 3.8) is 0 Å². The van der Waals surface area contributed by atoms with Gasteiger partial charge in [0.2, 0.25) is 0 Å². The second-order valence-corrected chi connectivity index (χ2v) is 5.70. The van der Waals surface area contributed by atoms with Crippen LogP contribution in [0.5, 0.6) is 0 Å². The number of likely N-dealkylation sites (tertiary alicyclic amines) is 1. The fraction of sp³-hybridized carbons (Fsp3) is 0.600. The molecule has 1 aromatic carbocycles. The van der Waals surface area contributed by atoms with Crippen molar-refractivity contribution in [3.8, 4) is 0 Å². The molecule has 106 valence electrons. The molecule has 4 heteroatoms. The van der Waals surface area contributed by atoms with Gasteiger partial charge in [-0.15, -0.1) is 0 Å². The molecule has 0 aromatic heterocycles. The van der Waals surface area contributed by atoms with Gasteiger partial charge in [-0.05, 0) is 50.6 Å². The molecule has 1 fully saturated rings. The number of nitrogens with one attached hydrogen (secondary N) is 1. The topological polar surface area (TPSA) is 15.3 Å². The van der Waals surface area contributed by atoms with Crippen molar-refractivity contribution in [1.82, 2.24) is 10.2 Å². The molecule has 2 rings (SSSR count). The van der Waals surface area contributed by atoms with Gasteiger partial charge in [-0.1, -0.05) is 24.6 Å². The van der Waals surface area contributed by atoms with E-state index in [0.29, 0.717) is 6.04 Å². The molecule has 2 nitrogen and oxygen atoms in total. The van der Waals surface area contributed by atoms with Crippen LogP contribution in [-0.2, 0) is 0 Å². The maximum Gasteiger partial charge on any atom is 0.142 e. The van der Waals surface area contributed by atoms with E-state index < -0.39 is 0 Å². The Morgan fingerprint density at radius 3 is 3.00 bits per heavy atom. The molecule has 0 spiro atoms. The summed E-state index contributed by atoms with van der Waals surface area (Å²) in [6.07, 6.45) is 2.42. The SMILES string of the molecule is CCN1CCCC(NC(C)c2ccc(Cl)c(F)c2)C1. The van der Waals surface area contributed by atoms with E-state index in [1.165, 1.54) is 25.5 Å². The fourth-order valence-electron chi connectivity index (χ4n) is 2.71. The van der Waals surface area contributed by atoms with Crippen LogP contribution in [0.25, 0.3) is 0 Å². The van der Waals surface area contributed by atoms with Gasteiger partial charge in [0.05, 0.1) is 5.02 Å². The third-order valence-corrected chi connectivity index (χ3v) is 4.19. The summed E-state index contributed by atoms with van der Waals surface area (Å²) in [6, 6.07) is 5.68. The molecule has 0 radical (unpaired) electrons. The molecule has 1 aromatic rings. The molecule has 0 saturated carbocycles. The number of hydrogen-bond donors (Lipinski definition) is 1. The third-order valence-electron chi connectivity index (χ3n) is 3.88. The van der Waals surface area contributed by atoms with Crippen LogP contribution in [0.1, 0.15) is 38.3 Å². The van der Waals surface area contributed by atoms with Crippen molar-refractivity contribution >= 4 is 11.6 Å². The maximum atomic E-state index is 13.5. The highest BCUT2D eigenvalue weighted by Gasteiger charge is 2.20. The lowest BCUT2D eigenvalue weighted by Gasteiger charge is -2.34. The highest BCUT2D eigenvalue weighted by Crippen LogP contribution is 2.21. The predicted molar refractivity (Wildman–Crippen MR) is 78.1 cm³/mol. The fourth-order valence-corrected chi connectivity index (χ4v) is 2.83. The van der Waals surface area contributed by atoms with Gasteiger partial charge in [-0.25, -0.2) is 4.39 Å². The van der Waals surface area contributed by atoms with Crippen molar-refractivity contribution in [2.75, 3.05) is 19.6 Å². The van der Waals surface area contributed by atoms with Gasteiger partial charge in [0.1, 0.15) is 5.82 Å². The van der Waals surface area contributed by atoms with Gasteiger partial charge in [0.25, 0.3) is 0 Å². The zero-order valence-corrected chi connectivity index (χ0v) is 12.4. The van der Waals surface area contributed by atoms with E-state index in [0.717, 1.165) is 18.7 Å². The van der Waals surface area contributed by atoms with Crippen molar-refractivity contribution in [2.24, 2.45) is 0 Å². The van der Waals surface area contributed by atoms with Gasteiger partial charge in [0, 0.05) is 18.6 Å². The average Bonchev–Trinajstić information content (AvgIpc) is 2.42. The molecule has 0 bridgehead atoms. The summed E-state index contributed by atoms with van der Waals surface area (Å²) in [6.45, 7) is 7.64. The van der Waals surface area contributed by atoms with Gasteiger partial charge < -0.3 is 10.2 Å². The Morgan fingerprint density at radius 2 is 2.32 bits per heavy atom. The third kappa shape index (κ3) is 3.91. The second kappa shape index (κ2) is 6.69. The molecule has 2 atom stereocenters. The number of hydrogen-bond acceptors (Lipinski definition) is 2. The van der Waals surface area contributed by atoms with Crippen molar-refractivity contribution in [1.29, 1.82) is 0 Å². The lowest BCUT2D eigenvalue weighted by Crippen LogP contribution is -2.46. The van der Waals surface area contributed by atoms with Crippen molar-refractivity contribution < 1.29 is 4.39 Å². The molecule has 19 heavy (non-hydrogen) atoms. The monoisotopic (exact) mass is 284 g/mol. The largest absolute Gasteiger partial charge is 0.306 e. The molecular weight excluding hydrogens is 263 g/mol. The Labute approximate surface area is 119 Å². The summed E-state index contributed by atoms with van der Waals surface area (Å²) in [7, 11) is 0. The molecular formula is C15H22ClFN2. The second-order valence-electron chi connectivity index (χ2n) is 5.29. The molecule has 1 aliphatic rings. The average molecular weight is 285 g/mol. The Kier molecular flexibility index (Phi) is 5.20. The van der Waals surface area contributed by atoms with Crippen LogP contribution in [-0.4, -0.2) is 30.6 Å². The molecule has 0 aliphatic carbocycles. The van der Waals surface area contributed by atoms with Crippen LogP contribution < -0.4 is 5.32 Å². The summed E-state index contributed by atoms with van der Waals surface area (Å²) < 4.78 is 13.5. The molecule has 1 saturated heterocycles. The van der Waals surface area contributed by atoms with Crippen LogP contribution in [0.3, 0.4) is 0 Å². The first-order valence-corrected chi connectivity index (χ1v) is 7.41. The van der Waals surface area contributed by atoms with E-state index in [9.17, 15) is 4.39 Å². The number of piperidine rings is 1. The minimum Gasteiger partial charge on any atom is -0.306 e. The van der Waals surface area contributed by atoms with Crippen LogP contribution in [0.15, 0.2) is 18.2 Å². The first-order chi connectivity index (χ1) is 9.10. The minimum absolute atomic E-state index is 0.147. The predicted octanol–water partition coefficient (Wildman–Crippen LogP) is 3.61. The lowest BCUT2D eigenvalue weighted by atomic mass is 10.0. The summed E-state index contributed by atoms with van der Waals surface area (Å²) in [5.74, 6) is -0.341. The highest BCUT2D eigenvalue weighted by molar-refractivity contribution is 6.30. The Bertz CT molecular complexity index is 425. The lowest BCUT2D eigenvalue weighted by molar-refractivity contribution is 0.192. The Hall–Kier alpha value is -0.640. The molecule has 1 heterocycles. The van der Waals surface area contributed by atoms with Crippen molar-refractivity contribution in [2.45, 2.75) is 38.8 Å². The number of halogens is 2. The molecule has 1 aliphatic heterocycles. The number of rotatable bonds is 4. The summed E-state index contributed by atoms with van der Waals surface area (Å²) in [5, 5.41) is 3.78.